The van der Waals surface area contributed by atoms with Crippen LogP contribution in [0.25, 0.3) is 0 Å². The molecule has 2 heterocycles. The molecule has 0 atom stereocenters. The summed E-state index contributed by atoms with van der Waals surface area (Å²) < 4.78 is 20.7. The molecule has 0 aliphatic carbocycles. The zero-order valence-electron chi connectivity index (χ0n) is 18.1. The molecule has 0 fully saturated rings. The number of nitrogens with zero attached hydrogens (tertiary/aromatic N) is 1. The van der Waals surface area contributed by atoms with Crippen molar-refractivity contribution in [1.29, 1.82) is 0 Å². The second-order valence-electron chi connectivity index (χ2n) is 6.90. The number of thiophene rings is 1. The van der Waals surface area contributed by atoms with Crippen molar-refractivity contribution in [1.82, 2.24) is 4.90 Å². The van der Waals surface area contributed by atoms with Gasteiger partial charge in [0, 0.05) is 28.7 Å². The third-order valence-corrected chi connectivity index (χ3v) is 6.00. The molecule has 0 bridgehead atoms. The summed E-state index contributed by atoms with van der Waals surface area (Å²) in [6.07, 6.45) is 3.43. The van der Waals surface area contributed by atoms with Crippen LogP contribution in [0.2, 0.25) is 0 Å². The van der Waals surface area contributed by atoms with Gasteiger partial charge in [-0.1, -0.05) is 6.07 Å². The summed E-state index contributed by atoms with van der Waals surface area (Å²) in [7, 11) is 5.80. The van der Waals surface area contributed by atoms with Crippen LogP contribution in [-0.4, -0.2) is 45.3 Å². The third-order valence-electron chi connectivity index (χ3n) is 4.93. The molecule has 0 amide bonds. The first-order valence-electron chi connectivity index (χ1n) is 9.54. The van der Waals surface area contributed by atoms with Crippen molar-refractivity contribution in [2.45, 2.75) is 19.4 Å². The van der Waals surface area contributed by atoms with Gasteiger partial charge in [0.25, 0.3) is 0 Å². The molecule has 8 heteroatoms. The van der Waals surface area contributed by atoms with Crippen molar-refractivity contribution in [2.75, 3.05) is 28.4 Å². The Kier molecular flexibility index (Phi) is 7.02. The number of hydrogen-bond acceptors (Lipinski definition) is 8. The van der Waals surface area contributed by atoms with Crippen LogP contribution in [0.1, 0.15) is 21.2 Å². The molecule has 2 aromatic rings. The number of benzene rings is 1. The molecule has 164 valence electrons. The average Bonchev–Trinajstić information content (AvgIpc) is 3.22. The van der Waals surface area contributed by atoms with Crippen LogP contribution in [-0.2, 0) is 25.6 Å². The van der Waals surface area contributed by atoms with E-state index in [4.69, 9.17) is 18.9 Å². The Morgan fingerprint density at radius 2 is 1.52 bits per heavy atom. The summed E-state index contributed by atoms with van der Waals surface area (Å²) in [4.78, 5) is 29.1. The SMILES string of the molecule is COC(=O)C1=CN(Cc2ccc(OC)c(OC)c2)C=C(C(=O)OC)C1c1ccc(C)s1. The maximum atomic E-state index is 12.7. The molecule has 1 aromatic carbocycles. The Bertz CT molecular complexity index is 1000. The maximum Gasteiger partial charge on any atom is 0.336 e. The lowest BCUT2D eigenvalue weighted by Crippen LogP contribution is -2.28. The minimum atomic E-state index is -0.555. The summed E-state index contributed by atoms with van der Waals surface area (Å²) in [6.45, 7) is 2.38. The summed E-state index contributed by atoms with van der Waals surface area (Å²) in [5.74, 6) is -0.334. The third kappa shape index (κ3) is 4.74. The van der Waals surface area contributed by atoms with Crippen LogP contribution < -0.4 is 9.47 Å². The van der Waals surface area contributed by atoms with Crippen LogP contribution in [0.15, 0.2) is 53.9 Å². The van der Waals surface area contributed by atoms with Gasteiger partial charge < -0.3 is 23.8 Å². The summed E-state index contributed by atoms with van der Waals surface area (Å²) in [6, 6.07) is 9.44. The number of hydrogen-bond donors (Lipinski definition) is 0. The predicted octanol–water partition coefficient (Wildman–Crippen LogP) is 3.79. The predicted molar refractivity (Wildman–Crippen MR) is 117 cm³/mol. The average molecular weight is 444 g/mol. The van der Waals surface area contributed by atoms with Gasteiger partial charge in [-0.3, -0.25) is 0 Å². The largest absolute Gasteiger partial charge is 0.493 e. The number of methoxy groups -OCH3 is 4. The van der Waals surface area contributed by atoms with E-state index in [1.54, 1.807) is 31.5 Å². The number of rotatable bonds is 7. The molecule has 0 radical (unpaired) electrons. The molecule has 3 rings (SSSR count). The lowest BCUT2D eigenvalue weighted by atomic mass is 9.88. The van der Waals surface area contributed by atoms with E-state index in [0.717, 1.165) is 15.3 Å². The molecule has 0 saturated carbocycles. The molecule has 0 N–H and O–H groups in total. The Balaban J connectivity index is 2.04. The summed E-state index contributed by atoms with van der Waals surface area (Å²) >= 11 is 1.53. The van der Waals surface area contributed by atoms with Gasteiger partial charge in [-0.2, -0.15) is 0 Å². The molecular weight excluding hydrogens is 418 g/mol. The van der Waals surface area contributed by atoms with Crippen LogP contribution in [0.5, 0.6) is 11.5 Å². The van der Waals surface area contributed by atoms with Crippen LogP contribution in [0, 0.1) is 6.92 Å². The standard InChI is InChI=1S/C23H25NO6S/c1-14-6-9-20(31-14)21-16(22(25)29-4)12-24(13-17(21)23(26)30-5)11-15-7-8-18(27-2)19(10-15)28-3/h6-10,12-13,21H,11H2,1-5H3. The number of carbonyl (C=O) groups is 2. The first-order chi connectivity index (χ1) is 14.9. The highest BCUT2D eigenvalue weighted by Crippen LogP contribution is 2.40. The van der Waals surface area contributed by atoms with Crippen molar-refractivity contribution in [3.63, 3.8) is 0 Å². The fourth-order valence-electron chi connectivity index (χ4n) is 3.48. The van der Waals surface area contributed by atoms with Gasteiger partial charge in [0.15, 0.2) is 11.5 Å². The van der Waals surface area contributed by atoms with Gasteiger partial charge in [-0.05, 0) is 36.8 Å². The number of carbonyl (C=O) groups excluding carboxylic acids is 2. The lowest BCUT2D eigenvalue weighted by molar-refractivity contribution is -0.137. The molecule has 31 heavy (non-hydrogen) atoms. The van der Waals surface area contributed by atoms with E-state index >= 15 is 0 Å². The summed E-state index contributed by atoms with van der Waals surface area (Å²) in [5, 5.41) is 0. The zero-order chi connectivity index (χ0) is 22.5. The van der Waals surface area contributed by atoms with Gasteiger partial charge in [0.1, 0.15) is 0 Å². The Morgan fingerprint density at radius 1 is 0.903 bits per heavy atom. The fraction of sp³-hybridized carbons (Fsp3) is 0.304. The quantitative estimate of drug-likeness (QED) is 0.603. The monoisotopic (exact) mass is 443 g/mol. The molecule has 7 nitrogen and oxygen atoms in total. The first-order valence-corrected chi connectivity index (χ1v) is 10.4. The topological polar surface area (TPSA) is 74.3 Å². The smallest absolute Gasteiger partial charge is 0.336 e. The maximum absolute atomic E-state index is 12.7. The van der Waals surface area contributed by atoms with E-state index in [-0.39, 0.29) is 0 Å². The van der Waals surface area contributed by atoms with Gasteiger partial charge in [0.2, 0.25) is 0 Å². The normalized spacial score (nSPS) is 13.9. The first kappa shape index (κ1) is 22.4. The van der Waals surface area contributed by atoms with Crippen LogP contribution in [0.3, 0.4) is 0 Å². The second kappa shape index (κ2) is 9.70. The molecule has 0 saturated heterocycles. The van der Waals surface area contributed by atoms with Crippen LogP contribution >= 0.6 is 11.3 Å². The fourth-order valence-corrected chi connectivity index (χ4v) is 4.50. The van der Waals surface area contributed by atoms with Crippen molar-refractivity contribution < 1.29 is 28.5 Å². The summed E-state index contributed by atoms with van der Waals surface area (Å²) in [5.41, 5.74) is 1.64. The molecule has 1 aliphatic heterocycles. The van der Waals surface area contributed by atoms with Gasteiger partial charge in [-0.25, -0.2) is 9.59 Å². The van der Waals surface area contributed by atoms with Gasteiger partial charge >= 0.3 is 11.9 Å². The van der Waals surface area contributed by atoms with Crippen molar-refractivity contribution in [2.24, 2.45) is 0 Å². The molecule has 0 spiro atoms. The minimum Gasteiger partial charge on any atom is -0.493 e. The van der Waals surface area contributed by atoms with E-state index < -0.39 is 17.9 Å². The van der Waals surface area contributed by atoms with E-state index in [1.165, 1.54) is 25.6 Å². The van der Waals surface area contributed by atoms with Gasteiger partial charge in [0.05, 0.1) is 45.5 Å². The minimum absolute atomic E-state index is 0.368. The van der Waals surface area contributed by atoms with E-state index in [2.05, 4.69) is 0 Å². The van der Waals surface area contributed by atoms with Crippen LogP contribution in [0.4, 0.5) is 0 Å². The van der Waals surface area contributed by atoms with Crippen molar-refractivity contribution in [3.8, 4) is 11.5 Å². The van der Waals surface area contributed by atoms with Crippen molar-refractivity contribution in [3.05, 3.63) is 69.2 Å². The highest BCUT2D eigenvalue weighted by molar-refractivity contribution is 7.12. The molecular formula is C23H25NO6S. The number of esters is 2. The van der Waals surface area contributed by atoms with Crippen molar-refractivity contribution >= 4 is 23.3 Å². The Morgan fingerprint density at radius 3 is 2.00 bits per heavy atom. The lowest BCUT2D eigenvalue weighted by Gasteiger charge is -2.29. The molecule has 1 aliphatic rings. The Hall–Kier alpha value is -3.26. The zero-order valence-corrected chi connectivity index (χ0v) is 18.9. The second-order valence-corrected chi connectivity index (χ2v) is 8.21. The van der Waals surface area contributed by atoms with E-state index in [9.17, 15) is 9.59 Å². The number of aryl methyl sites for hydroxylation is 1. The molecule has 0 unspecified atom stereocenters. The highest BCUT2D eigenvalue weighted by atomic mass is 32.1. The highest BCUT2D eigenvalue weighted by Gasteiger charge is 2.36. The van der Waals surface area contributed by atoms with E-state index in [0.29, 0.717) is 29.2 Å². The van der Waals surface area contributed by atoms with Gasteiger partial charge in [-0.15, -0.1) is 11.3 Å². The molecule has 1 aromatic heterocycles. The van der Waals surface area contributed by atoms with E-state index in [1.807, 2.05) is 37.3 Å². The Labute approximate surface area is 185 Å². The number of ether oxygens (including phenoxy) is 4.